The van der Waals surface area contributed by atoms with Crippen LogP contribution in [-0.2, 0) is 29.1 Å². The number of amides is 1. The van der Waals surface area contributed by atoms with Crippen LogP contribution in [0.15, 0.2) is 65.1 Å². The molecule has 1 atom stereocenters. The van der Waals surface area contributed by atoms with Gasteiger partial charge in [0.05, 0.1) is 42.9 Å². The number of rotatable bonds is 8. The highest BCUT2D eigenvalue weighted by atomic mass is 32.2. The van der Waals surface area contributed by atoms with Crippen molar-refractivity contribution in [2.75, 3.05) is 65.7 Å². The quantitative estimate of drug-likeness (QED) is 0.298. The van der Waals surface area contributed by atoms with Crippen molar-refractivity contribution in [2.24, 2.45) is 0 Å². The van der Waals surface area contributed by atoms with Crippen LogP contribution in [0.2, 0.25) is 0 Å². The normalized spacial score (nSPS) is 22.9. The van der Waals surface area contributed by atoms with E-state index in [2.05, 4.69) is 4.90 Å². The van der Waals surface area contributed by atoms with E-state index >= 15 is 0 Å². The summed E-state index contributed by atoms with van der Waals surface area (Å²) < 4.78 is 38.0. The van der Waals surface area contributed by atoms with Gasteiger partial charge in [-0.3, -0.25) is 14.5 Å². The van der Waals surface area contributed by atoms with Crippen molar-refractivity contribution >= 4 is 27.5 Å². The van der Waals surface area contributed by atoms with E-state index < -0.39 is 27.8 Å². The summed E-state index contributed by atoms with van der Waals surface area (Å²) in [5, 5.41) is 11.3. The molecule has 0 unspecified atom stereocenters. The number of hydrogen-bond donors (Lipinski definition) is 1. The highest BCUT2D eigenvalue weighted by molar-refractivity contribution is 7.89. The largest absolute Gasteiger partial charge is 0.507 e. The van der Waals surface area contributed by atoms with E-state index in [-0.39, 0.29) is 34.9 Å². The van der Waals surface area contributed by atoms with Gasteiger partial charge < -0.3 is 19.5 Å². The molecule has 2 aromatic rings. The number of carbonyl (C=O) groups is 2. The third-order valence-electron chi connectivity index (χ3n) is 7.37. The van der Waals surface area contributed by atoms with Crippen LogP contribution in [0.5, 0.6) is 0 Å². The average Bonchev–Trinajstić information content (AvgIpc) is 3.23. The van der Waals surface area contributed by atoms with E-state index in [1.54, 1.807) is 0 Å². The van der Waals surface area contributed by atoms with Crippen LogP contribution in [0.3, 0.4) is 0 Å². The first kappa shape index (κ1) is 27.5. The Labute approximate surface area is 228 Å². The lowest BCUT2D eigenvalue weighted by Crippen LogP contribution is -2.40. The van der Waals surface area contributed by atoms with Crippen LogP contribution < -0.4 is 0 Å². The van der Waals surface area contributed by atoms with E-state index in [1.165, 1.54) is 33.5 Å². The first-order valence-corrected chi connectivity index (χ1v) is 14.6. The van der Waals surface area contributed by atoms with Crippen molar-refractivity contribution in [1.82, 2.24) is 14.1 Å². The van der Waals surface area contributed by atoms with Crippen LogP contribution in [0.4, 0.5) is 0 Å². The molecule has 3 saturated heterocycles. The summed E-state index contributed by atoms with van der Waals surface area (Å²) in [5.74, 6) is -1.73. The van der Waals surface area contributed by atoms with Gasteiger partial charge in [-0.1, -0.05) is 30.3 Å². The van der Waals surface area contributed by atoms with Crippen LogP contribution in [0, 0.1) is 0 Å². The molecule has 3 heterocycles. The van der Waals surface area contributed by atoms with Crippen molar-refractivity contribution in [3.63, 3.8) is 0 Å². The number of benzene rings is 2. The molecule has 3 aliphatic rings. The number of hydrogen-bond acceptors (Lipinski definition) is 8. The van der Waals surface area contributed by atoms with Gasteiger partial charge in [-0.15, -0.1) is 0 Å². The number of morpholine rings is 2. The van der Waals surface area contributed by atoms with Gasteiger partial charge in [0.25, 0.3) is 11.7 Å². The standard InChI is InChI=1S/C28H33N3O7S/c32-26(22-7-9-23(10-8-22)39(35,36)30-15-19-38-20-16-30)24-25(21-5-2-1-3-6-21)31(28(34)27(24)33)12-4-11-29-13-17-37-18-14-29/h1-3,5-10,25,32H,4,11-20H2/t25-/m0/s1. The van der Waals surface area contributed by atoms with Crippen molar-refractivity contribution in [3.8, 4) is 0 Å². The van der Waals surface area contributed by atoms with E-state index in [0.29, 0.717) is 39.4 Å². The molecule has 10 nitrogen and oxygen atoms in total. The first-order valence-electron chi connectivity index (χ1n) is 13.2. The Morgan fingerprint density at radius 2 is 1.46 bits per heavy atom. The maximum atomic E-state index is 13.3. The molecular formula is C28H33N3O7S. The number of aliphatic hydroxyl groups is 1. The second kappa shape index (κ2) is 12.0. The third-order valence-corrected chi connectivity index (χ3v) is 9.28. The molecule has 11 heteroatoms. The summed E-state index contributed by atoms with van der Waals surface area (Å²) in [6.07, 6.45) is 0.671. The van der Waals surface area contributed by atoms with Gasteiger partial charge >= 0.3 is 0 Å². The van der Waals surface area contributed by atoms with Gasteiger partial charge in [0.15, 0.2) is 0 Å². The maximum Gasteiger partial charge on any atom is 0.295 e. The van der Waals surface area contributed by atoms with Crippen LogP contribution in [0.25, 0.3) is 5.76 Å². The minimum atomic E-state index is -3.71. The Bertz CT molecular complexity index is 1320. The smallest absolute Gasteiger partial charge is 0.295 e. The molecule has 1 amide bonds. The van der Waals surface area contributed by atoms with Gasteiger partial charge in [-0.25, -0.2) is 8.42 Å². The lowest BCUT2D eigenvalue weighted by atomic mass is 9.95. The number of ketones is 1. The number of likely N-dealkylation sites (tertiary alicyclic amines) is 1. The van der Waals surface area contributed by atoms with Crippen molar-refractivity contribution in [2.45, 2.75) is 17.4 Å². The molecule has 2 aromatic carbocycles. The topological polar surface area (TPSA) is 117 Å². The second-order valence-electron chi connectivity index (χ2n) is 9.75. The number of carbonyl (C=O) groups excluding carboxylic acids is 2. The molecule has 0 aromatic heterocycles. The van der Waals surface area contributed by atoms with Crippen molar-refractivity contribution in [1.29, 1.82) is 0 Å². The predicted molar refractivity (Wildman–Crippen MR) is 143 cm³/mol. The first-order chi connectivity index (χ1) is 18.9. The molecule has 0 aliphatic carbocycles. The summed E-state index contributed by atoms with van der Waals surface area (Å²) in [4.78, 5) is 30.3. The highest BCUT2D eigenvalue weighted by Gasteiger charge is 2.45. The monoisotopic (exact) mass is 555 g/mol. The van der Waals surface area contributed by atoms with Crippen LogP contribution in [-0.4, -0.2) is 105 Å². The van der Waals surface area contributed by atoms with E-state index in [0.717, 1.165) is 25.2 Å². The molecule has 208 valence electrons. The lowest BCUT2D eigenvalue weighted by Gasteiger charge is -2.29. The summed E-state index contributed by atoms with van der Waals surface area (Å²) in [6, 6.07) is 14.2. The Hall–Kier alpha value is -3.09. The minimum Gasteiger partial charge on any atom is -0.507 e. The summed E-state index contributed by atoms with van der Waals surface area (Å²) in [5.41, 5.74) is 0.987. The zero-order chi connectivity index (χ0) is 27.4. The Morgan fingerprint density at radius 3 is 2.10 bits per heavy atom. The van der Waals surface area contributed by atoms with Gasteiger partial charge in [0.2, 0.25) is 10.0 Å². The van der Waals surface area contributed by atoms with Crippen LogP contribution >= 0.6 is 0 Å². The molecule has 0 saturated carbocycles. The van der Waals surface area contributed by atoms with Gasteiger partial charge in [0, 0.05) is 44.8 Å². The fraction of sp³-hybridized carbons (Fsp3) is 0.429. The van der Waals surface area contributed by atoms with E-state index in [9.17, 15) is 23.1 Å². The highest BCUT2D eigenvalue weighted by Crippen LogP contribution is 2.39. The molecule has 0 bridgehead atoms. The predicted octanol–water partition coefficient (Wildman–Crippen LogP) is 1.85. The molecule has 3 fully saturated rings. The molecule has 0 spiro atoms. The average molecular weight is 556 g/mol. The SMILES string of the molecule is O=C1C(=O)N(CCCN2CCOCC2)[C@@H](c2ccccc2)C1=C(O)c1ccc(S(=O)(=O)N2CCOCC2)cc1. The molecular weight excluding hydrogens is 522 g/mol. The number of Topliss-reactive ketones (excluding diaryl/α,β-unsaturated/α-hetero) is 1. The second-order valence-corrected chi connectivity index (χ2v) is 11.7. The Balaban J connectivity index is 1.42. The fourth-order valence-electron chi connectivity index (χ4n) is 5.26. The Kier molecular flexibility index (Phi) is 8.43. The van der Waals surface area contributed by atoms with Crippen molar-refractivity contribution in [3.05, 3.63) is 71.3 Å². The molecule has 5 rings (SSSR count). The van der Waals surface area contributed by atoms with Crippen LogP contribution in [0.1, 0.15) is 23.6 Å². The maximum absolute atomic E-state index is 13.3. The summed E-state index contributed by atoms with van der Waals surface area (Å²) >= 11 is 0. The molecule has 0 radical (unpaired) electrons. The summed E-state index contributed by atoms with van der Waals surface area (Å²) in [7, 11) is -3.71. The third kappa shape index (κ3) is 5.78. The van der Waals surface area contributed by atoms with Gasteiger partial charge in [-0.05, 0) is 36.2 Å². The van der Waals surface area contributed by atoms with Gasteiger partial charge in [-0.2, -0.15) is 4.31 Å². The Morgan fingerprint density at radius 1 is 0.846 bits per heavy atom. The van der Waals surface area contributed by atoms with E-state index in [1.807, 2.05) is 30.3 Å². The van der Waals surface area contributed by atoms with E-state index in [4.69, 9.17) is 9.47 Å². The van der Waals surface area contributed by atoms with Crippen molar-refractivity contribution < 1.29 is 32.6 Å². The fourth-order valence-corrected chi connectivity index (χ4v) is 6.67. The number of ether oxygens (including phenoxy) is 2. The lowest BCUT2D eigenvalue weighted by molar-refractivity contribution is -0.140. The van der Waals surface area contributed by atoms with Gasteiger partial charge in [0.1, 0.15) is 5.76 Å². The molecule has 1 N–H and O–H groups in total. The zero-order valence-electron chi connectivity index (χ0n) is 21.7. The molecule has 39 heavy (non-hydrogen) atoms. The number of nitrogens with zero attached hydrogens (tertiary/aromatic N) is 3. The number of sulfonamides is 1. The summed E-state index contributed by atoms with van der Waals surface area (Å²) in [6.45, 7) is 5.38. The molecule has 3 aliphatic heterocycles. The zero-order valence-corrected chi connectivity index (χ0v) is 22.5. The minimum absolute atomic E-state index is 0.00126. The number of aliphatic hydroxyl groups excluding tert-OH is 1.